The number of aromatic nitrogens is 2. The molecule has 1 unspecified atom stereocenters. The molecule has 1 atom stereocenters. The maximum Gasteiger partial charge on any atom is 0.0522 e. The third-order valence-corrected chi connectivity index (χ3v) is 4.96. The summed E-state index contributed by atoms with van der Waals surface area (Å²) in [6, 6.07) is 2.45. The average Bonchev–Trinajstić information content (AvgIpc) is 2.95. The van der Waals surface area contributed by atoms with Crippen molar-refractivity contribution in [1.29, 1.82) is 0 Å². The minimum atomic E-state index is 0.116. The summed E-state index contributed by atoms with van der Waals surface area (Å²) in [5, 5.41) is 4.19. The Labute approximate surface area is 112 Å². The van der Waals surface area contributed by atoms with E-state index in [1.165, 1.54) is 36.1 Å². The molecular weight excluding hydrogens is 242 g/mol. The first-order chi connectivity index (χ1) is 8.72. The minimum Gasteiger partial charge on any atom is -0.323 e. The van der Waals surface area contributed by atoms with Crippen molar-refractivity contribution in [3.05, 3.63) is 39.3 Å². The quantitative estimate of drug-likeness (QED) is 0.923. The maximum atomic E-state index is 6.32. The number of hydrogen-bond acceptors (Lipinski definition) is 3. The Morgan fingerprint density at radius 3 is 3.00 bits per heavy atom. The van der Waals surface area contributed by atoms with E-state index in [0.29, 0.717) is 0 Å². The van der Waals surface area contributed by atoms with Crippen LogP contribution in [0.4, 0.5) is 0 Å². The summed E-state index contributed by atoms with van der Waals surface area (Å²) in [6.45, 7) is 0. The molecule has 2 aromatic rings. The lowest BCUT2D eigenvalue weighted by Crippen LogP contribution is -2.11. The number of nitrogens with two attached hydrogens (primary N) is 1. The first kappa shape index (κ1) is 11.9. The van der Waals surface area contributed by atoms with E-state index in [4.69, 9.17) is 5.73 Å². The Balaban J connectivity index is 1.75. The summed E-state index contributed by atoms with van der Waals surface area (Å²) < 4.78 is 1.83. The summed E-state index contributed by atoms with van der Waals surface area (Å²) >= 11 is 1.92. The summed E-state index contributed by atoms with van der Waals surface area (Å²) in [5.41, 5.74) is 9.08. The zero-order valence-corrected chi connectivity index (χ0v) is 11.5. The Hall–Kier alpha value is -1.13. The number of rotatable bonds is 3. The molecule has 4 heteroatoms. The second-order valence-corrected chi connectivity index (χ2v) is 6.31. The number of aryl methyl sites for hydroxylation is 3. The molecule has 0 spiro atoms. The molecular formula is C14H19N3S. The van der Waals surface area contributed by atoms with Crippen molar-refractivity contribution in [3.63, 3.8) is 0 Å². The van der Waals surface area contributed by atoms with Gasteiger partial charge in [0.15, 0.2) is 0 Å². The molecule has 2 aromatic heterocycles. The standard InChI is InChI=1S/C14H19N3S/c1-17-9-10(8-16-17)6-12(15)14-7-11-4-2-3-5-13(11)18-14/h7-9,12H,2-6,15H2,1H3. The molecule has 3 rings (SSSR count). The first-order valence-electron chi connectivity index (χ1n) is 6.57. The van der Waals surface area contributed by atoms with Crippen LogP contribution < -0.4 is 5.73 Å². The van der Waals surface area contributed by atoms with Crippen LogP contribution in [0, 0.1) is 0 Å². The fourth-order valence-electron chi connectivity index (χ4n) is 2.63. The fraction of sp³-hybridized carbons (Fsp3) is 0.500. The van der Waals surface area contributed by atoms with Crippen LogP contribution in [0.25, 0.3) is 0 Å². The molecule has 2 N–H and O–H groups in total. The molecule has 0 radical (unpaired) electrons. The lowest BCUT2D eigenvalue weighted by Gasteiger charge is -2.08. The van der Waals surface area contributed by atoms with Crippen LogP contribution >= 0.6 is 11.3 Å². The molecule has 96 valence electrons. The van der Waals surface area contributed by atoms with Crippen LogP contribution in [-0.2, 0) is 26.3 Å². The van der Waals surface area contributed by atoms with E-state index in [1.807, 2.05) is 35.5 Å². The molecule has 0 bridgehead atoms. The molecule has 0 amide bonds. The minimum absolute atomic E-state index is 0.116. The van der Waals surface area contributed by atoms with Gasteiger partial charge in [-0.3, -0.25) is 4.68 Å². The second kappa shape index (κ2) is 4.86. The van der Waals surface area contributed by atoms with Crippen LogP contribution in [0.3, 0.4) is 0 Å². The van der Waals surface area contributed by atoms with Gasteiger partial charge in [0.25, 0.3) is 0 Å². The van der Waals surface area contributed by atoms with E-state index in [9.17, 15) is 0 Å². The van der Waals surface area contributed by atoms with Crippen molar-refractivity contribution in [2.75, 3.05) is 0 Å². The highest BCUT2D eigenvalue weighted by Gasteiger charge is 2.17. The van der Waals surface area contributed by atoms with E-state index in [2.05, 4.69) is 11.2 Å². The van der Waals surface area contributed by atoms with Gasteiger partial charge in [-0.2, -0.15) is 5.10 Å². The molecule has 2 heterocycles. The molecule has 0 aliphatic heterocycles. The van der Waals surface area contributed by atoms with Gasteiger partial charge in [0.05, 0.1) is 6.20 Å². The first-order valence-corrected chi connectivity index (χ1v) is 7.38. The fourth-order valence-corrected chi connectivity index (χ4v) is 3.89. The van der Waals surface area contributed by atoms with Gasteiger partial charge in [0.2, 0.25) is 0 Å². The van der Waals surface area contributed by atoms with E-state index >= 15 is 0 Å². The molecule has 0 aromatic carbocycles. The van der Waals surface area contributed by atoms with Crippen molar-refractivity contribution in [3.8, 4) is 0 Å². The largest absolute Gasteiger partial charge is 0.323 e. The molecule has 0 fully saturated rings. The van der Waals surface area contributed by atoms with Crippen molar-refractivity contribution in [2.45, 2.75) is 38.1 Å². The van der Waals surface area contributed by atoms with Crippen LogP contribution in [0.2, 0.25) is 0 Å². The lowest BCUT2D eigenvalue weighted by atomic mass is 9.98. The van der Waals surface area contributed by atoms with Gasteiger partial charge in [-0.1, -0.05) is 0 Å². The molecule has 3 nitrogen and oxygen atoms in total. The third kappa shape index (κ3) is 2.35. The van der Waals surface area contributed by atoms with Crippen LogP contribution in [0.5, 0.6) is 0 Å². The van der Waals surface area contributed by atoms with Crippen molar-refractivity contribution >= 4 is 11.3 Å². The molecule has 0 saturated heterocycles. The predicted octanol–water partition coefficient (Wildman–Crippen LogP) is 2.60. The normalized spacial score (nSPS) is 16.6. The van der Waals surface area contributed by atoms with Gasteiger partial charge in [0.1, 0.15) is 0 Å². The van der Waals surface area contributed by atoms with Crippen LogP contribution in [0.1, 0.15) is 39.8 Å². The summed E-state index contributed by atoms with van der Waals surface area (Å²) in [5.74, 6) is 0. The highest BCUT2D eigenvalue weighted by Crippen LogP contribution is 2.33. The number of fused-ring (bicyclic) bond motifs is 1. The second-order valence-electron chi connectivity index (χ2n) is 5.14. The highest BCUT2D eigenvalue weighted by molar-refractivity contribution is 7.12. The van der Waals surface area contributed by atoms with Gasteiger partial charge in [-0.15, -0.1) is 11.3 Å². The number of hydrogen-bond donors (Lipinski definition) is 1. The number of thiophene rings is 1. The smallest absolute Gasteiger partial charge is 0.0522 e. The van der Waals surface area contributed by atoms with E-state index in [0.717, 1.165) is 6.42 Å². The molecule has 1 aliphatic rings. The van der Waals surface area contributed by atoms with Crippen LogP contribution in [0.15, 0.2) is 18.5 Å². The topological polar surface area (TPSA) is 43.8 Å². The van der Waals surface area contributed by atoms with Crippen molar-refractivity contribution in [2.24, 2.45) is 12.8 Å². The Morgan fingerprint density at radius 1 is 1.44 bits per heavy atom. The SMILES string of the molecule is Cn1cc(CC(N)c2cc3c(s2)CCCC3)cn1. The van der Waals surface area contributed by atoms with Gasteiger partial charge in [-0.25, -0.2) is 0 Å². The van der Waals surface area contributed by atoms with Crippen molar-refractivity contribution < 1.29 is 0 Å². The zero-order chi connectivity index (χ0) is 12.5. The third-order valence-electron chi connectivity index (χ3n) is 3.60. The lowest BCUT2D eigenvalue weighted by molar-refractivity contribution is 0.695. The number of nitrogens with zero attached hydrogens (tertiary/aromatic N) is 2. The maximum absolute atomic E-state index is 6.32. The Kier molecular flexibility index (Phi) is 3.22. The molecule has 1 aliphatic carbocycles. The predicted molar refractivity (Wildman–Crippen MR) is 74.8 cm³/mol. The summed E-state index contributed by atoms with van der Waals surface area (Å²) in [4.78, 5) is 2.91. The van der Waals surface area contributed by atoms with Gasteiger partial charge in [0, 0.05) is 29.0 Å². The average molecular weight is 261 g/mol. The van der Waals surface area contributed by atoms with E-state index in [-0.39, 0.29) is 6.04 Å². The van der Waals surface area contributed by atoms with Gasteiger partial charge < -0.3 is 5.73 Å². The Bertz CT molecular complexity index is 517. The van der Waals surface area contributed by atoms with E-state index < -0.39 is 0 Å². The van der Waals surface area contributed by atoms with Crippen molar-refractivity contribution in [1.82, 2.24) is 9.78 Å². The van der Waals surface area contributed by atoms with Gasteiger partial charge in [-0.05, 0) is 49.3 Å². The summed E-state index contributed by atoms with van der Waals surface area (Å²) in [7, 11) is 1.94. The summed E-state index contributed by atoms with van der Waals surface area (Å²) in [6.07, 6.45) is 10.0. The van der Waals surface area contributed by atoms with Gasteiger partial charge >= 0.3 is 0 Å². The van der Waals surface area contributed by atoms with E-state index in [1.54, 1.807) is 10.4 Å². The molecule has 0 saturated carbocycles. The van der Waals surface area contributed by atoms with Crippen LogP contribution in [-0.4, -0.2) is 9.78 Å². The molecule has 18 heavy (non-hydrogen) atoms. The Morgan fingerprint density at radius 2 is 2.28 bits per heavy atom. The monoisotopic (exact) mass is 261 g/mol. The zero-order valence-electron chi connectivity index (χ0n) is 10.7. The highest BCUT2D eigenvalue weighted by atomic mass is 32.1.